The molecule has 104 valence electrons. The van der Waals surface area contributed by atoms with Crippen molar-refractivity contribution in [3.05, 3.63) is 40.1 Å². The van der Waals surface area contributed by atoms with Crippen LogP contribution in [-0.4, -0.2) is 23.7 Å². The lowest BCUT2D eigenvalue weighted by Gasteiger charge is -2.13. The normalized spacial score (nSPS) is 12.6. The van der Waals surface area contributed by atoms with Gasteiger partial charge in [0.1, 0.15) is 5.82 Å². The third-order valence-electron chi connectivity index (χ3n) is 2.69. The summed E-state index contributed by atoms with van der Waals surface area (Å²) in [5, 5.41) is 11.6. The summed E-state index contributed by atoms with van der Waals surface area (Å²) in [7, 11) is 0. The SMILES string of the molecule is CCC(CCO)NC(=O)/C=C/c1cc(Br)ccc1F. The van der Waals surface area contributed by atoms with Crippen molar-refractivity contribution in [3.63, 3.8) is 0 Å². The largest absolute Gasteiger partial charge is 0.396 e. The number of hydrogen-bond donors (Lipinski definition) is 2. The fourth-order valence-electron chi connectivity index (χ4n) is 1.59. The standard InChI is InChI=1S/C14H17BrFNO2/c1-2-12(7-8-18)17-14(19)6-3-10-9-11(15)4-5-13(10)16/h3-6,9,12,18H,2,7-8H2,1H3,(H,17,19)/b6-3+. The van der Waals surface area contributed by atoms with Gasteiger partial charge in [-0.1, -0.05) is 22.9 Å². The van der Waals surface area contributed by atoms with Gasteiger partial charge < -0.3 is 10.4 Å². The van der Waals surface area contributed by atoms with E-state index in [2.05, 4.69) is 21.2 Å². The maximum absolute atomic E-state index is 13.4. The number of rotatable bonds is 6. The first-order valence-electron chi connectivity index (χ1n) is 6.11. The number of amides is 1. The predicted octanol–water partition coefficient (Wildman–Crippen LogP) is 2.88. The molecule has 0 aliphatic heterocycles. The highest BCUT2D eigenvalue weighted by molar-refractivity contribution is 9.10. The number of nitrogens with one attached hydrogen (secondary N) is 1. The molecule has 1 unspecified atom stereocenters. The first-order valence-corrected chi connectivity index (χ1v) is 6.90. The lowest BCUT2D eigenvalue weighted by Crippen LogP contribution is -2.33. The third kappa shape index (κ3) is 5.53. The Morgan fingerprint density at radius 2 is 2.32 bits per heavy atom. The van der Waals surface area contributed by atoms with E-state index < -0.39 is 0 Å². The zero-order valence-corrected chi connectivity index (χ0v) is 12.3. The van der Waals surface area contributed by atoms with Gasteiger partial charge in [0.15, 0.2) is 0 Å². The van der Waals surface area contributed by atoms with Crippen molar-refractivity contribution in [1.29, 1.82) is 0 Å². The average Bonchev–Trinajstić information content (AvgIpc) is 2.39. The van der Waals surface area contributed by atoms with Crippen LogP contribution in [0.25, 0.3) is 6.08 Å². The van der Waals surface area contributed by atoms with Crippen LogP contribution in [0.4, 0.5) is 4.39 Å². The summed E-state index contributed by atoms with van der Waals surface area (Å²) in [6.07, 6.45) is 3.98. The van der Waals surface area contributed by atoms with Crippen molar-refractivity contribution in [2.24, 2.45) is 0 Å². The maximum atomic E-state index is 13.4. The van der Waals surface area contributed by atoms with Crippen molar-refractivity contribution in [1.82, 2.24) is 5.32 Å². The van der Waals surface area contributed by atoms with Crippen LogP contribution in [0.1, 0.15) is 25.3 Å². The van der Waals surface area contributed by atoms with Gasteiger partial charge in [0.05, 0.1) is 0 Å². The summed E-state index contributed by atoms with van der Waals surface area (Å²) in [6.45, 7) is 1.96. The molecule has 0 radical (unpaired) electrons. The molecule has 1 rings (SSSR count). The molecule has 0 spiro atoms. The molecule has 0 aliphatic rings. The first kappa shape index (κ1) is 15.9. The van der Waals surface area contributed by atoms with Crippen molar-refractivity contribution in [2.45, 2.75) is 25.8 Å². The molecule has 1 atom stereocenters. The molecule has 2 N–H and O–H groups in total. The molecule has 0 fully saturated rings. The minimum Gasteiger partial charge on any atom is -0.396 e. The van der Waals surface area contributed by atoms with E-state index >= 15 is 0 Å². The van der Waals surface area contributed by atoms with Gasteiger partial charge in [-0.2, -0.15) is 0 Å². The van der Waals surface area contributed by atoms with E-state index in [9.17, 15) is 9.18 Å². The van der Waals surface area contributed by atoms with Gasteiger partial charge in [0.2, 0.25) is 5.91 Å². The molecular weight excluding hydrogens is 313 g/mol. The summed E-state index contributed by atoms with van der Waals surface area (Å²) < 4.78 is 14.2. The monoisotopic (exact) mass is 329 g/mol. The number of carbonyl (C=O) groups is 1. The second-order valence-electron chi connectivity index (χ2n) is 4.13. The van der Waals surface area contributed by atoms with Gasteiger partial charge in [-0.3, -0.25) is 4.79 Å². The summed E-state index contributed by atoms with van der Waals surface area (Å²) in [4.78, 5) is 11.6. The van der Waals surface area contributed by atoms with E-state index in [-0.39, 0.29) is 24.4 Å². The number of hydrogen-bond acceptors (Lipinski definition) is 2. The molecule has 0 aliphatic carbocycles. The molecule has 0 heterocycles. The minimum atomic E-state index is -0.380. The lowest BCUT2D eigenvalue weighted by molar-refractivity contribution is -0.117. The van der Waals surface area contributed by atoms with E-state index in [0.717, 1.165) is 10.9 Å². The van der Waals surface area contributed by atoms with Crippen LogP contribution in [0, 0.1) is 5.82 Å². The highest BCUT2D eigenvalue weighted by Gasteiger charge is 2.07. The van der Waals surface area contributed by atoms with Crippen LogP contribution in [0.2, 0.25) is 0 Å². The van der Waals surface area contributed by atoms with Gasteiger partial charge in [-0.05, 0) is 37.1 Å². The molecule has 5 heteroatoms. The molecule has 1 aromatic carbocycles. The Balaban J connectivity index is 2.65. The van der Waals surface area contributed by atoms with E-state index in [1.54, 1.807) is 12.1 Å². The van der Waals surface area contributed by atoms with Crippen LogP contribution >= 0.6 is 15.9 Å². The van der Waals surface area contributed by atoms with Crippen molar-refractivity contribution in [2.75, 3.05) is 6.61 Å². The van der Waals surface area contributed by atoms with Gasteiger partial charge in [-0.15, -0.1) is 0 Å². The highest BCUT2D eigenvalue weighted by Crippen LogP contribution is 2.16. The molecule has 0 saturated carbocycles. The van der Waals surface area contributed by atoms with Crippen molar-refractivity contribution >= 4 is 27.9 Å². The number of halogens is 2. The zero-order chi connectivity index (χ0) is 14.3. The second kappa shape index (κ2) is 8.07. The quantitative estimate of drug-likeness (QED) is 0.788. The van der Waals surface area contributed by atoms with E-state index in [4.69, 9.17) is 5.11 Å². The second-order valence-corrected chi connectivity index (χ2v) is 5.04. The minimum absolute atomic E-state index is 0.0305. The fourth-order valence-corrected chi connectivity index (χ4v) is 1.97. The molecule has 0 saturated heterocycles. The Kier molecular flexibility index (Phi) is 6.73. The van der Waals surface area contributed by atoms with Crippen LogP contribution < -0.4 is 5.32 Å². The van der Waals surface area contributed by atoms with Crippen molar-refractivity contribution < 1.29 is 14.3 Å². The van der Waals surface area contributed by atoms with Crippen molar-refractivity contribution in [3.8, 4) is 0 Å². The van der Waals surface area contributed by atoms with E-state index in [0.29, 0.717) is 12.0 Å². The number of aliphatic hydroxyl groups is 1. The first-order chi connectivity index (χ1) is 9.06. The molecule has 1 aromatic rings. The topological polar surface area (TPSA) is 49.3 Å². The van der Waals surface area contributed by atoms with Gasteiger partial charge in [-0.25, -0.2) is 4.39 Å². The lowest BCUT2D eigenvalue weighted by atomic mass is 10.1. The molecule has 0 bridgehead atoms. The molecule has 1 amide bonds. The third-order valence-corrected chi connectivity index (χ3v) is 3.18. The Labute approximate surface area is 120 Å². The molecule has 3 nitrogen and oxygen atoms in total. The fraction of sp³-hybridized carbons (Fsp3) is 0.357. The smallest absolute Gasteiger partial charge is 0.244 e. The number of benzene rings is 1. The van der Waals surface area contributed by atoms with Gasteiger partial charge >= 0.3 is 0 Å². The zero-order valence-electron chi connectivity index (χ0n) is 10.7. The maximum Gasteiger partial charge on any atom is 0.244 e. The van der Waals surface area contributed by atoms with Gasteiger partial charge in [0, 0.05) is 28.8 Å². The van der Waals surface area contributed by atoms with Crippen LogP contribution in [-0.2, 0) is 4.79 Å². The highest BCUT2D eigenvalue weighted by atomic mass is 79.9. The molecular formula is C14H17BrFNO2. The Morgan fingerprint density at radius 3 is 2.95 bits per heavy atom. The summed E-state index contributed by atoms with van der Waals surface area (Å²) in [5.41, 5.74) is 0.347. The number of aliphatic hydroxyl groups excluding tert-OH is 1. The molecule has 19 heavy (non-hydrogen) atoms. The summed E-state index contributed by atoms with van der Waals surface area (Å²) in [5.74, 6) is -0.672. The molecule has 0 aromatic heterocycles. The Morgan fingerprint density at radius 1 is 1.58 bits per heavy atom. The van der Waals surface area contributed by atoms with Gasteiger partial charge in [0.25, 0.3) is 0 Å². The summed E-state index contributed by atoms with van der Waals surface area (Å²) >= 11 is 3.25. The van der Waals surface area contributed by atoms with Crippen LogP contribution in [0.15, 0.2) is 28.7 Å². The average molecular weight is 330 g/mol. The van der Waals surface area contributed by atoms with Crippen LogP contribution in [0.5, 0.6) is 0 Å². The van der Waals surface area contributed by atoms with E-state index in [1.165, 1.54) is 18.2 Å². The number of carbonyl (C=O) groups excluding carboxylic acids is 1. The Hall–Kier alpha value is -1.20. The van der Waals surface area contributed by atoms with Crippen LogP contribution in [0.3, 0.4) is 0 Å². The summed E-state index contributed by atoms with van der Waals surface area (Å²) in [6, 6.07) is 4.47. The van der Waals surface area contributed by atoms with E-state index in [1.807, 2.05) is 6.92 Å². The predicted molar refractivity (Wildman–Crippen MR) is 77.1 cm³/mol. The Bertz CT molecular complexity index is 463.